The van der Waals surface area contributed by atoms with Crippen LogP contribution in [0.25, 0.3) is 0 Å². The van der Waals surface area contributed by atoms with E-state index in [0.29, 0.717) is 18.4 Å². The molecule has 1 aliphatic rings. The van der Waals surface area contributed by atoms with E-state index in [0.717, 1.165) is 5.92 Å². The lowest BCUT2D eigenvalue weighted by Gasteiger charge is -2.24. The van der Waals surface area contributed by atoms with Gasteiger partial charge in [-0.15, -0.1) is 0 Å². The van der Waals surface area contributed by atoms with Crippen molar-refractivity contribution in [2.75, 3.05) is 6.61 Å². The van der Waals surface area contributed by atoms with E-state index in [4.69, 9.17) is 5.11 Å². The van der Waals surface area contributed by atoms with Crippen molar-refractivity contribution in [3.8, 4) is 0 Å². The standard InChI is InChI=1S/C10H18O/c1-8-3-5-10(6-4-8)9(2)7-11/h3,5,8-11H,4,6-7H2,1-2H3/t8-,9?,10-/m0/s1. The minimum Gasteiger partial charge on any atom is -0.396 e. The Labute approximate surface area is 69.1 Å². The highest BCUT2D eigenvalue weighted by molar-refractivity contribution is 4.97. The summed E-state index contributed by atoms with van der Waals surface area (Å²) in [6.07, 6.45) is 7.08. The highest BCUT2D eigenvalue weighted by Crippen LogP contribution is 2.26. The van der Waals surface area contributed by atoms with Crippen LogP contribution in [0.1, 0.15) is 26.7 Å². The van der Waals surface area contributed by atoms with Crippen LogP contribution < -0.4 is 0 Å². The summed E-state index contributed by atoms with van der Waals surface area (Å²) in [5.74, 6) is 1.81. The zero-order chi connectivity index (χ0) is 8.27. The summed E-state index contributed by atoms with van der Waals surface area (Å²) in [4.78, 5) is 0. The van der Waals surface area contributed by atoms with Crippen molar-refractivity contribution in [1.29, 1.82) is 0 Å². The number of aliphatic hydroxyl groups is 1. The zero-order valence-electron chi connectivity index (χ0n) is 7.46. The predicted octanol–water partition coefficient (Wildman–Crippen LogP) is 2.22. The second kappa shape index (κ2) is 3.91. The molecule has 1 nitrogen and oxygen atoms in total. The van der Waals surface area contributed by atoms with Crippen molar-refractivity contribution in [2.45, 2.75) is 26.7 Å². The fourth-order valence-corrected chi connectivity index (χ4v) is 1.59. The molecule has 0 fully saturated rings. The molecule has 11 heavy (non-hydrogen) atoms. The van der Waals surface area contributed by atoms with Crippen molar-refractivity contribution in [2.24, 2.45) is 17.8 Å². The van der Waals surface area contributed by atoms with E-state index in [1.165, 1.54) is 12.8 Å². The predicted molar refractivity (Wildman–Crippen MR) is 47.3 cm³/mol. The molecule has 0 radical (unpaired) electrons. The number of aliphatic hydroxyl groups excluding tert-OH is 1. The van der Waals surface area contributed by atoms with Gasteiger partial charge >= 0.3 is 0 Å². The van der Waals surface area contributed by atoms with Gasteiger partial charge in [0.15, 0.2) is 0 Å². The zero-order valence-corrected chi connectivity index (χ0v) is 7.46. The third-order valence-electron chi connectivity index (χ3n) is 2.66. The quantitative estimate of drug-likeness (QED) is 0.605. The van der Waals surface area contributed by atoms with Gasteiger partial charge in [-0.3, -0.25) is 0 Å². The van der Waals surface area contributed by atoms with Crippen molar-refractivity contribution >= 4 is 0 Å². The summed E-state index contributed by atoms with van der Waals surface area (Å²) < 4.78 is 0. The number of hydrogen-bond donors (Lipinski definition) is 1. The van der Waals surface area contributed by atoms with Gasteiger partial charge in [0.05, 0.1) is 0 Å². The first-order valence-corrected chi connectivity index (χ1v) is 4.53. The molecular weight excluding hydrogens is 136 g/mol. The summed E-state index contributed by atoms with van der Waals surface area (Å²) in [5, 5.41) is 8.92. The summed E-state index contributed by atoms with van der Waals surface area (Å²) >= 11 is 0. The summed E-state index contributed by atoms with van der Waals surface area (Å²) in [6, 6.07) is 0. The van der Waals surface area contributed by atoms with Crippen molar-refractivity contribution in [3.05, 3.63) is 12.2 Å². The number of allylic oxidation sites excluding steroid dienone is 2. The highest BCUT2D eigenvalue weighted by Gasteiger charge is 2.17. The van der Waals surface area contributed by atoms with Crippen LogP contribution in [0.3, 0.4) is 0 Å². The average Bonchev–Trinajstić information content (AvgIpc) is 2.05. The van der Waals surface area contributed by atoms with E-state index in [1.54, 1.807) is 0 Å². The molecule has 1 heteroatoms. The molecule has 0 spiro atoms. The van der Waals surface area contributed by atoms with Gasteiger partial charge in [0, 0.05) is 6.61 Å². The van der Waals surface area contributed by atoms with Crippen LogP contribution in [0.4, 0.5) is 0 Å². The maximum atomic E-state index is 8.92. The Morgan fingerprint density at radius 3 is 2.64 bits per heavy atom. The Kier molecular flexibility index (Phi) is 3.13. The fourth-order valence-electron chi connectivity index (χ4n) is 1.59. The molecule has 0 aromatic rings. The summed E-state index contributed by atoms with van der Waals surface area (Å²) in [6.45, 7) is 4.69. The lowest BCUT2D eigenvalue weighted by Crippen LogP contribution is -2.17. The molecule has 0 amide bonds. The van der Waals surface area contributed by atoms with Crippen molar-refractivity contribution < 1.29 is 5.11 Å². The number of hydrogen-bond acceptors (Lipinski definition) is 1. The molecule has 0 bridgehead atoms. The van der Waals surface area contributed by atoms with Gasteiger partial charge in [-0.2, -0.15) is 0 Å². The topological polar surface area (TPSA) is 20.2 Å². The highest BCUT2D eigenvalue weighted by atomic mass is 16.3. The average molecular weight is 154 g/mol. The molecule has 1 aliphatic carbocycles. The molecule has 64 valence electrons. The lowest BCUT2D eigenvalue weighted by molar-refractivity contribution is 0.196. The number of rotatable bonds is 2. The second-order valence-corrected chi connectivity index (χ2v) is 3.76. The molecule has 0 aromatic carbocycles. The normalized spacial score (nSPS) is 33.7. The van der Waals surface area contributed by atoms with Gasteiger partial charge in [-0.25, -0.2) is 0 Å². The molecule has 3 atom stereocenters. The van der Waals surface area contributed by atoms with Crippen LogP contribution in [0.15, 0.2) is 12.2 Å². The molecule has 0 aromatic heterocycles. The van der Waals surface area contributed by atoms with Gasteiger partial charge in [-0.05, 0) is 30.6 Å². The monoisotopic (exact) mass is 154 g/mol. The smallest absolute Gasteiger partial charge is 0.0462 e. The molecular formula is C10H18O. The Bertz CT molecular complexity index is 140. The van der Waals surface area contributed by atoms with Crippen LogP contribution in [0.5, 0.6) is 0 Å². The first-order chi connectivity index (χ1) is 5.24. The van der Waals surface area contributed by atoms with E-state index in [9.17, 15) is 0 Å². The van der Waals surface area contributed by atoms with Crippen LogP contribution >= 0.6 is 0 Å². The van der Waals surface area contributed by atoms with Gasteiger partial charge in [0.1, 0.15) is 0 Å². The summed E-state index contributed by atoms with van der Waals surface area (Å²) in [7, 11) is 0. The Morgan fingerprint density at radius 1 is 1.45 bits per heavy atom. The Balaban J connectivity index is 2.43. The van der Waals surface area contributed by atoms with Gasteiger partial charge in [0.2, 0.25) is 0 Å². The van der Waals surface area contributed by atoms with Crippen molar-refractivity contribution in [3.63, 3.8) is 0 Å². The van der Waals surface area contributed by atoms with Crippen LogP contribution in [0.2, 0.25) is 0 Å². The minimum atomic E-state index is 0.323. The molecule has 1 rings (SSSR count). The van der Waals surface area contributed by atoms with E-state index in [1.807, 2.05) is 0 Å². The first-order valence-electron chi connectivity index (χ1n) is 4.53. The SMILES string of the molecule is CC(CO)[C@H]1C=C[C@H](C)CC1. The van der Waals surface area contributed by atoms with E-state index in [-0.39, 0.29) is 0 Å². The van der Waals surface area contributed by atoms with E-state index >= 15 is 0 Å². The Morgan fingerprint density at radius 2 is 2.18 bits per heavy atom. The van der Waals surface area contributed by atoms with Gasteiger partial charge < -0.3 is 5.11 Å². The minimum absolute atomic E-state index is 0.323. The molecule has 0 saturated heterocycles. The maximum absolute atomic E-state index is 8.92. The molecule has 0 heterocycles. The fraction of sp³-hybridized carbons (Fsp3) is 0.800. The largest absolute Gasteiger partial charge is 0.396 e. The van der Waals surface area contributed by atoms with Gasteiger partial charge in [0.25, 0.3) is 0 Å². The summed E-state index contributed by atoms with van der Waals surface area (Å²) in [5.41, 5.74) is 0. The van der Waals surface area contributed by atoms with Crippen LogP contribution in [0, 0.1) is 17.8 Å². The molecule has 0 saturated carbocycles. The molecule has 1 unspecified atom stereocenters. The molecule has 0 aliphatic heterocycles. The molecule has 1 N–H and O–H groups in total. The maximum Gasteiger partial charge on any atom is 0.0462 e. The van der Waals surface area contributed by atoms with Crippen LogP contribution in [-0.4, -0.2) is 11.7 Å². The van der Waals surface area contributed by atoms with E-state index in [2.05, 4.69) is 26.0 Å². The third kappa shape index (κ3) is 2.33. The van der Waals surface area contributed by atoms with E-state index < -0.39 is 0 Å². The van der Waals surface area contributed by atoms with Crippen molar-refractivity contribution in [1.82, 2.24) is 0 Å². The van der Waals surface area contributed by atoms with Crippen LogP contribution in [-0.2, 0) is 0 Å². The van der Waals surface area contributed by atoms with Gasteiger partial charge in [-0.1, -0.05) is 26.0 Å². The first kappa shape index (κ1) is 8.79. The lowest BCUT2D eigenvalue weighted by atomic mass is 9.83. The Hall–Kier alpha value is -0.300. The third-order valence-corrected chi connectivity index (χ3v) is 2.66. The second-order valence-electron chi connectivity index (χ2n) is 3.76.